The molecule has 1 saturated heterocycles. The Morgan fingerprint density at radius 1 is 0.972 bits per heavy atom. The van der Waals surface area contributed by atoms with Crippen molar-refractivity contribution in [3.63, 3.8) is 0 Å². The highest BCUT2D eigenvalue weighted by Crippen LogP contribution is 2.36. The van der Waals surface area contributed by atoms with Gasteiger partial charge in [0.1, 0.15) is 12.1 Å². The predicted octanol–water partition coefficient (Wildman–Crippen LogP) is 4.48. The molecule has 3 aromatic heterocycles. The quantitative estimate of drug-likeness (QED) is 0.433. The highest BCUT2D eigenvalue weighted by atomic mass is 16.5. The van der Waals surface area contributed by atoms with E-state index >= 15 is 0 Å². The van der Waals surface area contributed by atoms with E-state index in [1.54, 1.807) is 18.6 Å². The third kappa shape index (κ3) is 4.74. The summed E-state index contributed by atoms with van der Waals surface area (Å²) in [5.74, 6) is 1.12. The van der Waals surface area contributed by atoms with Gasteiger partial charge in [-0.05, 0) is 66.8 Å². The maximum absolute atomic E-state index is 12.7. The van der Waals surface area contributed by atoms with E-state index in [-0.39, 0.29) is 5.56 Å². The Morgan fingerprint density at radius 3 is 2.47 bits per heavy atom. The molecule has 0 unspecified atom stereocenters. The van der Waals surface area contributed by atoms with Crippen molar-refractivity contribution in [2.45, 2.75) is 37.6 Å². The molecule has 0 bridgehead atoms. The van der Waals surface area contributed by atoms with Crippen molar-refractivity contribution in [1.82, 2.24) is 24.8 Å². The van der Waals surface area contributed by atoms with Crippen molar-refractivity contribution < 1.29 is 4.74 Å². The summed E-state index contributed by atoms with van der Waals surface area (Å²) >= 11 is 0. The Hall–Kier alpha value is -3.62. The minimum Gasteiger partial charge on any atom is -0.379 e. The largest absolute Gasteiger partial charge is 0.379 e. The van der Waals surface area contributed by atoms with E-state index in [2.05, 4.69) is 49.4 Å². The summed E-state index contributed by atoms with van der Waals surface area (Å²) in [6.45, 7) is 3.87. The first-order valence-corrected chi connectivity index (χ1v) is 12.7. The van der Waals surface area contributed by atoms with Crippen molar-refractivity contribution in [2.75, 3.05) is 31.6 Å². The topological polar surface area (TPSA) is 96.0 Å². The number of H-pyrrole nitrogens is 1. The molecular formula is C28H30N6O2. The monoisotopic (exact) mass is 482 g/mol. The second kappa shape index (κ2) is 10.2. The van der Waals surface area contributed by atoms with Gasteiger partial charge >= 0.3 is 0 Å². The first-order valence-electron chi connectivity index (χ1n) is 12.7. The second-order valence-corrected chi connectivity index (χ2v) is 9.66. The molecule has 6 rings (SSSR count). The van der Waals surface area contributed by atoms with Gasteiger partial charge in [-0.15, -0.1) is 0 Å². The molecule has 36 heavy (non-hydrogen) atoms. The van der Waals surface area contributed by atoms with Crippen LogP contribution in [0, 0.1) is 0 Å². The van der Waals surface area contributed by atoms with E-state index in [9.17, 15) is 4.79 Å². The number of anilines is 2. The standard InChI is InChI=1S/C28H30N6O2/c35-28-26-21(9-10-31-28)15-25(22-16-29-18-30-17-22)33-27(26)32-23-5-1-19(2-6-23)20-3-7-24(8-4-20)34-11-13-36-14-12-34/h1-2,5-6,9-10,15-18,20,24H,3-4,7-8,11-14H2,(H,31,35)(H,32,33)/t20-,24+. The van der Waals surface area contributed by atoms with Crippen LogP contribution in [0.1, 0.15) is 37.2 Å². The molecule has 0 amide bonds. The normalized spacial score (nSPS) is 20.9. The number of aromatic nitrogens is 4. The van der Waals surface area contributed by atoms with Gasteiger partial charge in [-0.1, -0.05) is 12.1 Å². The van der Waals surface area contributed by atoms with Crippen LogP contribution in [0.2, 0.25) is 0 Å². The molecule has 4 aromatic rings. The number of morpholine rings is 1. The summed E-state index contributed by atoms with van der Waals surface area (Å²) in [4.78, 5) is 31.0. The van der Waals surface area contributed by atoms with Crippen molar-refractivity contribution in [1.29, 1.82) is 0 Å². The smallest absolute Gasteiger partial charge is 0.259 e. The van der Waals surface area contributed by atoms with E-state index < -0.39 is 0 Å². The van der Waals surface area contributed by atoms with E-state index in [0.717, 1.165) is 42.9 Å². The Balaban J connectivity index is 1.20. The molecule has 2 N–H and O–H groups in total. The van der Waals surface area contributed by atoms with E-state index in [1.165, 1.54) is 37.6 Å². The van der Waals surface area contributed by atoms with Gasteiger partial charge in [-0.3, -0.25) is 9.69 Å². The molecule has 1 aliphatic carbocycles. The van der Waals surface area contributed by atoms with Crippen LogP contribution >= 0.6 is 0 Å². The Kier molecular flexibility index (Phi) is 6.44. The van der Waals surface area contributed by atoms with Crippen LogP contribution < -0.4 is 10.9 Å². The van der Waals surface area contributed by atoms with Gasteiger partial charge in [0.05, 0.1) is 24.3 Å². The SMILES string of the molecule is O=c1[nH]ccc2cc(-c3cncnc3)nc(Nc3ccc([C@H]4CC[C@@H](N5CCOCC5)CC4)cc3)c12. The van der Waals surface area contributed by atoms with Crippen LogP contribution in [-0.4, -0.2) is 57.2 Å². The zero-order valence-corrected chi connectivity index (χ0v) is 20.2. The number of hydrogen-bond acceptors (Lipinski definition) is 7. The number of hydrogen-bond donors (Lipinski definition) is 2. The van der Waals surface area contributed by atoms with Gasteiger partial charge in [0.2, 0.25) is 0 Å². The minimum absolute atomic E-state index is 0.174. The summed E-state index contributed by atoms with van der Waals surface area (Å²) in [6.07, 6.45) is 11.5. The van der Waals surface area contributed by atoms with Crippen molar-refractivity contribution in [3.8, 4) is 11.3 Å². The average molecular weight is 483 g/mol. The van der Waals surface area contributed by atoms with Crippen molar-refractivity contribution in [2.24, 2.45) is 0 Å². The lowest BCUT2D eigenvalue weighted by molar-refractivity contribution is 0.00730. The number of benzene rings is 1. The van der Waals surface area contributed by atoms with Crippen LogP contribution in [0.5, 0.6) is 0 Å². The third-order valence-corrected chi connectivity index (χ3v) is 7.51. The summed E-state index contributed by atoms with van der Waals surface area (Å²) in [5.41, 5.74) is 3.62. The van der Waals surface area contributed by atoms with Crippen LogP contribution in [0.4, 0.5) is 11.5 Å². The van der Waals surface area contributed by atoms with Crippen LogP contribution in [-0.2, 0) is 4.74 Å². The highest BCUT2D eigenvalue weighted by molar-refractivity contribution is 5.95. The number of aromatic amines is 1. The molecular weight excluding hydrogens is 452 g/mol. The Labute approximate surface area is 209 Å². The Morgan fingerprint density at radius 2 is 1.72 bits per heavy atom. The average Bonchev–Trinajstić information content (AvgIpc) is 2.94. The van der Waals surface area contributed by atoms with Crippen molar-refractivity contribution in [3.05, 3.63) is 77.2 Å². The molecule has 0 radical (unpaired) electrons. The number of nitrogens with zero attached hydrogens (tertiary/aromatic N) is 4. The molecule has 4 heterocycles. The number of fused-ring (bicyclic) bond motifs is 1. The third-order valence-electron chi connectivity index (χ3n) is 7.51. The van der Waals surface area contributed by atoms with Gasteiger partial charge in [-0.25, -0.2) is 15.0 Å². The molecule has 1 aromatic carbocycles. The lowest BCUT2D eigenvalue weighted by atomic mass is 9.81. The molecule has 1 saturated carbocycles. The molecule has 8 heteroatoms. The molecule has 184 valence electrons. The molecule has 2 aliphatic rings. The highest BCUT2D eigenvalue weighted by Gasteiger charge is 2.27. The van der Waals surface area contributed by atoms with Gasteiger partial charge < -0.3 is 15.0 Å². The number of ether oxygens (including phenoxy) is 1. The summed E-state index contributed by atoms with van der Waals surface area (Å²) in [7, 11) is 0. The lowest BCUT2D eigenvalue weighted by Gasteiger charge is -2.38. The fourth-order valence-corrected chi connectivity index (χ4v) is 5.58. The summed E-state index contributed by atoms with van der Waals surface area (Å²) < 4.78 is 5.52. The van der Waals surface area contributed by atoms with Crippen molar-refractivity contribution >= 4 is 22.3 Å². The number of pyridine rings is 2. The maximum atomic E-state index is 12.7. The zero-order chi connectivity index (χ0) is 24.3. The van der Waals surface area contributed by atoms with E-state index in [4.69, 9.17) is 9.72 Å². The summed E-state index contributed by atoms with van der Waals surface area (Å²) in [5, 5.41) is 4.73. The van der Waals surface area contributed by atoms with Gasteiger partial charge in [0.25, 0.3) is 5.56 Å². The predicted molar refractivity (Wildman–Crippen MR) is 141 cm³/mol. The maximum Gasteiger partial charge on any atom is 0.259 e. The fourth-order valence-electron chi connectivity index (χ4n) is 5.58. The first kappa shape index (κ1) is 22.8. The fraction of sp³-hybridized carbons (Fsp3) is 0.357. The van der Waals surface area contributed by atoms with Crippen LogP contribution in [0.25, 0.3) is 22.0 Å². The molecule has 0 atom stereocenters. The van der Waals surface area contributed by atoms with E-state index in [0.29, 0.717) is 28.9 Å². The molecule has 2 fully saturated rings. The van der Waals surface area contributed by atoms with E-state index in [1.807, 2.05) is 12.1 Å². The minimum atomic E-state index is -0.174. The van der Waals surface area contributed by atoms with Gasteiger partial charge in [0, 0.05) is 49.0 Å². The number of rotatable bonds is 5. The van der Waals surface area contributed by atoms with Gasteiger partial charge in [-0.2, -0.15) is 0 Å². The summed E-state index contributed by atoms with van der Waals surface area (Å²) in [6, 6.07) is 13.1. The van der Waals surface area contributed by atoms with Crippen LogP contribution in [0.15, 0.2) is 66.1 Å². The van der Waals surface area contributed by atoms with Gasteiger partial charge in [0.15, 0.2) is 0 Å². The first-order chi connectivity index (χ1) is 17.7. The molecule has 0 spiro atoms. The van der Waals surface area contributed by atoms with Crippen LogP contribution in [0.3, 0.4) is 0 Å². The second-order valence-electron chi connectivity index (χ2n) is 9.66. The zero-order valence-electron chi connectivity index (χ0n) is 20.2. The number of nitrogens with one attached hydrogen (secondary N) is 2. The molecule has 8 nitrogen and oxygen atoms in total. The lowest BCUT2D eigenvalue weighted by Crippen LogP contribution is -2.44. The molecule has 1 aliphatic heterocycles. The Bertz CT molecular complexity index is 1380.